The van der Waals surface area contributed by atoms with Crippen molar-refractivity contribution >= 4 is 16.6 Å². The first-order valence-electron chi connectivity index (χ1n) is 12.4. The summed E-state index contributed by atoms with van der Waals surface area (Å²) in [4.78, 5) is 7.11. The number of para-hydroxylation sites is 1. The molecule has 1 saturated heterocycles. The van der Waals surface area contributed by atoms with E-state index in [1.54, 1.807) is 0 Å². The number of hydrogen-bond donors (Lipinski definition) is 4. The predicted molar refractivity (Wildman–Crippen MR) is 139 cm³/mol. The van der Waals surface area contributed by atoms with Gasteiger partial charge in [0.1, 0.15) is 0 Å². The van der Waals surface area contributed by atoms with Crippen LogP contribution in [0.25, 0.3) is 10.9 Å². The van der Waals surface area contributed by atoms with Crippen molar-refractivity contribution in [3.8, 4) is 0 Å². The average molecular weight is 447 g/mol. The fourth-order valence-electron chi connectivity index (χ4n) is 4.29. The molecule has 0 saturated carbocycles. The van der Waals surface area contributed by atoms with Crippen LogP contribution in [0.15, 0.2) is 60.8 Å². The van der Waals surface area contributed by atoms with Crippen molar-refractivity contribution in [1.82, 2.24) is 25.8 Å². The number of benzene rings is 2. The maximum absolute atomic E-state index is 4.54. The lowest BCUT2D eigenvalue weighted by molar-refractivity contribution is 0.260. The number of nitrogens with one attached hydrogen (secondary N) is 4. The van der Waals surface area contributed by atoms with Gasteiger partial charge in [0.05, 0.1) is 11.2 Å². The molecule has 33 heavy (non-hydrogen) atoms. The molecule has 0 atom stereocenters. The first kappa shape index (κ1) is 23.6. The van der Waals surface area contributed by atoms with E-state index in [0.717, 1.165) is 82.0 Å². The first-order chi connectivity index (χ1) is 16.4. The molecule has 6 nitrogen and oxygen atoms in total. The third-order valence-electron chi connectivity index (χ3n) is 6.16. The second-order valence-electron chi connectivity index (χ2n) is 8.78. The van der Waals surface area contributed by atoms with Crippen LogP contribution in [0.3, 0.4) is 0 Å². The molecule has 0 aliphatic carbocycles. The second kappa shape index (κ2) is 13.3. The van der Waals surface area contributed by atoms with Crippen molar-refractivity contribution in [2.45, 2.75) is 25.9 Å². The Labute approximate surface area is 198 Å². The summed E-state index contributed by atoms with van der Waals surface area (Å²) in [6.07, 6.45) is 4.24. The first-order valence-corrected chi connectivity index (χ1v) is 12.4. The molecule has 2 aromatic carbocycles. The molecule has 176 valence electrons. The fraction of sp³-hybridized carbons (Fsp3) is 0.444. The molecular weight excluding hydrogens is 408 g/mol. The van der Waals surface area contributed by atoms with Gasteiger partial charge in [-0.15, -0.1) is 0 Å². The second-order valence-corrected chi connectivity index (χ2v) is 8.78. The maximum Gasteiger partial charge on any atom is 0.0933 e. The molecule has 6 heteroatoms. The van der Waals surface area contributed by atoms with Gasteiger partial charge in [0, 0.05) is 50.9 Å². The van der Waals surface area contributed by atoms with E-state index in [9.17, 15) is 0 Å². The number of anilines is 1. The molecule has 1 fully saturated rings. The van der Waals surface area contributed by atoms with E-state index in [1.165, 1.54) is 24.0 Å². The third kappa shape index (κ3) is 7.79. The molecule has 0 amide bonds. The number of fused-ring (bicyclic) bond motifs is 1. The van der Waals surface area contributed by atoms with Crippen molar-refractivity contribution in [2.75, 3.05) is 57.7 Å². The van der Waals surface area contributed by atoms with Crippen LogP contribution >= 0.6 is 0 Å². The van der Waals surface area contributed by atoms with Crippen molar-refractivity contribution in [2.24, 2.45) is 0 Å². The normalized spacial score (nSPS) is 17.5. The van der Waals surface area contributed by atoms with Gasteiger partial charge in [-0.1, -0.05) is 42.5 Å². The molecule has 0 bridgehead atoms. The third-order valence-corrected chi connectivity index (χ3v) is 6.16. The highest BCUT2D eigenvalue weighted by Crippen LogP contribution is 2.21. The quantitative estimate of drug-likeness (QED) is 0.483. The molecule has 1 aliphatic heterocycles. The van der Waals surface area contributed by atoms with Crippen LogP contribution in [0.5, 0.6) is 0 Å². The largest absolute Gasteiger partial charge is 0.379 e. The summed E-state index contributed by atoms with van der Waals surface area (Å²) in [6, 6.07) is 19.4. The molecule has 3 aromatic rings. The minimum Gasteiger partial charge on any atom is -0.379 e. The van der Waals surface area contributed by atoms with Gasteiger partial charge in [-0.3, -0.25) is 9.88 Å². The van der Waals surface area contributed by atoms with E-state index >= 15 is 0 Å². The van der Waals surface area contributed by atoms with E-state index in [1.807, 2.05) is 12.3 Å². The Morgan fingerprint density at radius 2 is 1.45 bits per heavy atom. The van der Waals surface area contributed by atoms with Crippen LogP contribution in [0, 0.1) is 0 Å². The molecule has 0 radical (unpaired) electrons. The number of rotatable bonds is 5. The Balaban J connectivity index is 1.29. The monoisotopic (exact) mass is 446 g/mol. The lowest BCUT2D eigenvalue weighted by Gasteiger charge is -2.23. The zero-order chi connectivity index (χ0) is 22.6. The van der Waals surface area contributed by atoms with Gasteiger partial charge in [0.2, 0.25) is 0 Å². The van der Waals surface area contributed by atoms with E-state index in [-0.39, 0.29) is 0 Å². The maximum atomic E-state index is 4.54. The molecule has 2 heterocycles. The fourth-order valence-corrected chi connectivity index (χ4v) is 4.29. The molecule has 0 spiro atoms. The zero-order valence-corrected chi connectivity index (χ0v) is 19.7. The van der Waals surface area contributed by atoms with E-state index in [2.05, 4.69) is 79.7 Å². The Bertz CT molecular complexity index is 939. The van der Waals surface area contributed by atoms with Crippen LogP contribution in [0.2, 0.25) is 0 Å². The summed E-state index contributed by atoms with van der Waals surface area (Å²) >= 11 is 0. The van der Waals surface area contributed by atoms with Crippen molar-refractivity contribution in [1.29, 1.82) is 0 Å². The van der Waals surface area contributed by atoms with Gasteiger partial charge >= 0.3 is 0 Å². The van der Waals surface area contributed by atoms with Gasteiger partial charge in [0.25, 0.3) is 0 Å². The highest BCUT2D eigenvalue weighted by molar-refractivity contribution is 5.90. The van der Waals surface area contributed by atoms with Crippen LogP contribution in [0.1, 0.15) is 24.0 Å². The van der Waals surface area contributed by atoms with E-state index in [4.69, 9.17) is 0 Å². The van der Waals surface area contributed by atoms with Crippen LogP contribution in [0.4, 0.5) is 5.69 Å². The topological polar surface area (TPSA) is 64.2 Å². The van der Waals surface area contributed by atoms with Crippen molar-refractivity contribution in [3.63, 3.8) is 0 Å². The Hall–Kier alpha value is -2.51. The number of pyridine rings is 1. The number of nitrogens with zero attached hydrogens (tertiary/aromatic N) is 2. The minimum absolute atomic E-state index is 0.795. The van der Waals surface area contributed by atoms with Crippen LogP contribution < -0.4 is 21.3 Å². The Morgan fingerprint density at radius 1 is 0.727 bits per heavy atom. The van der Waals surface area contributed by atoms with Gasteiger partial charge in [0.15, 0.2) is 0 Å². The van der Waals surface area contributed by atoms with Crippen molar-refractivity contribution in [3.05, 3.63) is 71.9 Å². The van der Waals surface area contributed by atoms with Crippen molar-refractivity contribution < 1.29 is 0 Å². The molecule has 4 N–H and O–H groups in total. The van der Waals surface area contributed by atoms with Gasteiger partial charge in [-0.25, -0.2) is 0 Å². The summed E-state index contributed by atoms with van der Waals surface area (Å²) < 4.78 is 0. The number of hydrogen-bond acceptors (Lipinski definition) is 6. The van der Waals surface area contributed by atoms with E-state index < -0.39 is 0 Å². The van der Waals surface area contributed by atoms with Gasteiger partial charge < -0.3 is 21.3 Å². The summed E-state index contributed by atoms with van der Waals surface area (Å²) in [5, 5.41) is 15.4. The van der Waals surface area contributed by atoms with Gasteiger partial charge in [-0.05, 0) is 62.3 Å². The van der Waals surface area contributed by atoms with E-state index in [0.29, 0.717) is 0 Å². The minimum atomic E-state index is 0.795. The smallest absolute Gasteiger partial charge is 0.0933 e. The SMILES string of the molecule is c1cnc2c(NCc3ccc(CN4CCCNCCCNCCNCC4)cc3)cccc2c1. The molecule has 1 aliphatic rings. The number of aromatic nitrogens is 1. The Morgan fingerprint density at radius 3 is 2.33 bits per heavy atom. The highest BCUT2D eigenvalue weighted by atomic mass is 15.1. The lowest BCUT2D eigenvalue weighted by atomic mass is 10.1. The standard InChI is InChI=1S/C27H38N6/c1-5-25-6-2-15-31-27(25)26(7-1)32-21-23-8-10-24(11-9-23)22-33-19-4-14-28-12-3-13-29-16-17-30-18-20-33/h1-2,5-11,15,28-30,32H,3-4,12-14,16-22H2. The highest BCUT2D eigenvalue weighted by Gasteiger charge is 2.07. The Kier molecular flexibility index (Phi) is 9.50. The average Bonchev–Trinajstić information content (AvgIpc) is 2.86. The zero-order valence-electron chi connectivity index (χ0n) is 19.7. The van der Waals surface area contributed by atoms with Crippen LogP contribution in [-0.2, 0) is 13.1 Å². The summed E-state index contributed by atoms with van der Waals surface area (Å²) in [5.41, 5.74) is 4.77. The summed E-state index contributed by atoms with van der Waals surface area (Å²) in [6.45, 7) is 10.4. The molecule has 1 aromatic heterocycles. The molecule has 0 unspecified atom stereocenters. The predicted octanol–water partition coefficient (Wildman–Crippen LogP) is 3.21. The lowest BCUT2D eigenvalue weighted by Crippen LogP contribution is -2.37. The molecular formula is C27H38N6. The molecule has 4 rings (SSSR count). The van der Waals surface area contributed by atoms with Crippen LogP contribution in [-0.4, -0.2) is 62.2 Å². The summed E-state index contributed by atoms with van der Waals surface area (Å²) in [5.74, 6) is 0. The summed E-state index contributed by atoms with van der Waals surface area (Å²) in [7, 11) is 0. The van der Waals surface area contributed by atoms with Gasteiger partial charge in [-0.2, -0.15) is 0 Å².